The van der Waals surface area contributed by atoms with Gasteiger partial charge in [0.05, 0.1) is 0 Å². The molecule has 0 aromatic carbocycles. The van der Waals surface area contributed by atoms with Crippen LogP contribution in [0.2, 0.25) is 0 Å². The Morgan fingerprint density at radius 2 is 2.21 bits per heavy atom. The van der Waals surface area contributed by atoms with E-state index in [0.717, 1.165) is 32.1 Å². The Hall–Kier alpha value is -0.590. The number of allylic oxidation sites excluding steroid dienone is 1. The molecule has 0 amide bonds. The summed E-state index contributed by atoms with van der Waals surface area (Å²) in [6.07, 6.45) is 4.97. The van der Waals surface area contributed by atoms with Gasteiger partial charge in [-0.05, 0) is 38.5 Å². The van der Waals surface area contributed by atoms with Crippen molar-refractivity contribution in [3.8, 4) is 0 Å². The number of rotatable bonds is 4. The summed E-state index contributed by atoms with van der Waals surface area (Å²) in [4.78, 5) is 11.9. The molecule has 0 spiro atoms. The predicted molar refractivity (Wildman–Crippen MR) is 60.2 cm³/mol. The van der Waals surface area contributed by atoms with Gasteiger partial charge in [0.2, 0.25) is 0 Å². The Bertz CT molecular complexity index is 242. The highest BCUT2D eigenvalue weighted by Gasteiger charge is 2.40. The SMILES string of the molecule is C=C(C)[C@H]1CC[C@@](C)(C(=O)CCC)C1. The van der Waals surface area contributed by atoms with Crippen LogP contribution in [0, 0.1) is 11.3 Å². The van der Waals surface area contributed by atoms with E-state index in [-0.39, 0.29) is 5.41 Å². The highest BCUT2D eigenvalue weighted by atomic mass is 16.1. The third-order valence-electron chi connectivity index (χ3n) is 3.59. The number of hydrogen-bond donors (Lipinski definition) is 0. The maximum atomic E-state index is 11.9. The molecule has 1 saturated carbocycles. The largest absolute Gasteiger partial charge is 0.299 e. The van der Waals surface area contributed by atoms with Crippen LogP contribution in [0.3, 0.4) is 0 Å². The van der Waals surface area contributed by atoms with Crippen LogP contribution in [-0.2, 0) is 4.79 Å². The van der Waals surface area contributed by atoms with Gasteiger partial charge in [-0.2, -0.15) is 0 Å². The molecule has 0 unspecified atom stereocenters. The van der Waals surface area contributed by atoms with Crippen LogP contribution >= 0.6 is 0 Å². The van der Waals surface area contributed by atoms with E-state index in [4.69, 9.17) is 0 Å². The van der Waals surface area contributed by atoms with Crippen LogP contribution in [0.5, 0.6) is 0 Å². The zero-order chi connectivity index (χ0) is 10.8. The molecule has 0 radical (unpaired) electrons. The van der Waals surface area contributed by atoms with Crippen molar-refractivity contribution in [3.05, 3.63) is 12.2 Å². The summed E-state index contributed by atoms with van der Waals surface area (Å²) in [5.41, 5.74) is 1.21. The molecule has 1 aliphatic carbocycles. The van der Waals surface area contributed by atoms with Crippen LogP contribution < -0.4 is 0 Å². The molecule has 1 aliphatic rings. The van der Waals surface area contributed by atoms with E-state index in [1.807, 2.05) is 0 Å². The van der Waals surface area contributed by atoms with E-state index < -0.39 is 0 Å². The van der Waals surface area contributed by atoms with E-state index in [1.54, 1.807) is 0 Å². The summed E-state index contributed by atoms with van der Waals surface area (Å²) < 4.78 is 0. The monoisotopic (exact) mass is 194 g/mol. The molecule has 0 aliphatic heterocycles. The first-order chi connectivity index (χ1) is 6.49. The predicted octanol–water partition coefficient (Wildman–Crippen LogP) is 3.74. The average molecular weight is 194 g/mol. The first-order valence-corrected chi connectivity index (χ1v) is 5.68. The minimum absolute atomic E-state index is 0.0420. The molecule has 0 aromatic rings. The smallest absolute Gasteiger partial charge is 0.138 e. The van der Waals surface area contributed by atoms with Crippen LogP contribution in [0.15, 0.2) is 12.2 Å². The van der Waals surface area contributed by atoms with Crippen molar-refractivity contribution in [2.45, 2.75) is 52.9 Å². The molecule has 0 bridgehead atoms. The summed E-state index contributed by atoms with van der Waals surface area (Å²) in [5.74, 6) is 1.05. The first kappa shape index (κ1) is 11.5. The Labute approximate surface area is 87.6 Å². The molecule has 2 atom stereocenters. The summed E-state index contributed by atoms with van der Waals surface area (Å²) in [6, 6.07) is 0. The minimum Gasteiger partial charge on any atom is -0.299 e. The lowest BCUT2D eigenvalue weighted by Gasteiger charge is -2.22. The molecule has 0 N–H and O–H groups in total. The van der Waals surface area contributed by atoms with Gasteiger partial charge in [-0.1, -0.05) is 26.0 Å². The lowest BCUT2D eigenvalue weighted by Crippen LogP contribution is -2.24. The molecule has 14 heavy (non-hydrogen) atoms. The molecule has 1 fully saturated rings. The molecule has 0 saturated heterocycles. The molecule has 1 nitrogen and oxygen atoms in total. The Kier molecular flexibility index (Phi) is 3.52. The number of Topliss-reactive ketones (excluding diaryl/α,β-unsaturated/α-hetero) is 1. The highest BCUT2D eigenvalue weighted by Crippen LogP contribution is 2.45. The average Bonchev–Trinajstić information content (AvgIpc) is 2.50. The van der Waals surface area contributed by atoms with Crippen LogP contribution in [0.1, 0.15) is 52.9 Å². The topological polar surface area (TPSA) is 17.1 Å². The van der Waals surface area contributed by atoms with Crippen molar-refractivity contribution in [1.82, 2.24) is 0 Å². The van der Waals surface area contributed by atoms with Crippen LogP contribution in [-0.4, -0.2) is 5.78 Å². The summed E-state index contributed by atoms with van der Waals surface area (Å²) in [7, 11) is 0. The second-order valence-corrected chi connectivity index (χ2v) is 5.02. The second kappa shape index (κ2) is 4.29. The fourth-order valence-electron chi connectivity index (χ4n) is 2.44. The highest BCUT2D eigenvalue weighted by molar-refractivity contribution is 5.84. The Balaban J connectivity index is 2.61. The van der Waals surface area contributed by atoms with Gasteiger partial charge in [-0.15, -0.1) is 0 Å². The molecule has 80 valence electrons. The van der Waals surface area contributed by atoms with Gasteiger partial charge in [0.25, 0.3) is 0 Å². The van der Waals surface area contributed by atoms with Crippen molar-refractivity contribution in [2.24, 2.45) is 11.3 Å². The molecule has 1 heteroatoms. The first-order valence-electron chi connectivity index (χ1n) is 5.68. The maximum absolute atomic E-state index is 11.9. The second-order valence-electron chi connectivity index (χ2n) is 5.02. The van der Waals surface area contributed by atoms with Crippen molar-refractivity contribution in [2.75, 3.05) is 0 Å². The van der Waals surface area contributed by atoms with Gasteiger partial charge in [0.1, 0.15) is 5.78 Å². The maximum Gasteiger partial charge on any atom is 0.138 e. The van der Waals surface area contributed by atoms with E-state index in [2.05, 4.69) is 27.4 Å². The molecular formula is C13H22O. The number of hydrogen-bond acceptors (Lipinski definition) is 1. The van der Waals surface area contributed by atoms with Gasteiger partial charge in [-0.25, -0.2) is 0 Å². The van der Waals surface area contributed by atoms with E-state index in [1.165, 1.54) is 5.57 Å². The third-order valence-corrected chi connectivity index (χ3v) is 3.59. The fraction of sp³-hybridized carbons (Fsp3) is 0.769. The number of ketones is 1. The lowest BCUT2D eigenvalue weighted by molar-refractivity contribution is -0.127. The van der Waals surface area contributed by atoms with Gasteiger partial charge in [-0.3, -0.25) is 4.79 Å². The minimum atomic E-state index is -0.0420. The van der Waals surface area contributed by atoms with E-state index >= 15 is 0 Å². The van der Waals surface area contributed by atoms with Crippen molar-refractivity contribution in [3.63, 3.8) is 0 Å². The van der Waals surface area contributed by atoms with Crippen LogP contribution in [0.25, 0.3) is 0 Å². The molecular weight excluding hydrogens is 172 g/mol. The van der Waals surface area contributed by atoms with Crippen LogP contribution in [0.4, 0.5) is 0 Å². The molecule has 0 heterocycles. The molecule has 1 rings (SSSR count). The summed E-state index contributed by atoms with van der Waals surface area (Å²) in [6.45, 7) is 10.3. The standard InChI is InChI=1S/C13H22O/c1-5-6-12(14)13(4)8-7-11(9-13)10(2)3/h11H,2,5-9H2,1,3-4H3/t11-,13+/m0/s1. The van der Waals surface area contributed by atoms with Crippen molar-refractivity contribution in [1.29, 1.82) is 0 Å². The summed E-state index contributed by atoms with van der Waals surface area (Å²) in [5, 5.41) is 0. The number of carbonyl (C=O) groups excluding carboxylic acids is 1. The van der Waals surface area contributed by atoms with Gasteiger partial charge < -0.3 is 0 Å². The Morgan fingerprint density at radius 1 is 1.57 bits per heavy atom. The zero-order valence-electron chi connectivity index (χ0n) is 9.73. The van der Waals surface area contributed by atoms with Gasteiger partial charge in [0, 0.05) is 11.8 Å². The molecule has 0 aromatic heterocycles. The normalized spacial score (nSPS) is 31.8. The Morgan fingerprint density at radius 3 is 2.64 bits per heavy atom. The van der Waals surface area contributed by atoms with E-state index in [9.17, 15) is 4.79 Å². The third kappa shape index (κ3) is 2.26. The fourth-order valence-corrected chi connectivity index (χ4v) is 2.44. The zero-order valence-corrected chi connectivity index (χ0v) is 9.73. The van der Waals surface area contributed by atoms with Crippen molar-refractivity contribution >= 4 is 5.78 Å². The van der Waals surface area contributed by atoms with Gasteiger partial charge >= 0.3 is 0 Å². The lowest BCUT2D eigenvalue weighted by atomic mass is 9.80. The summed E-state index contributed by atoms with van der Waals surface area (Å²) >= 11 is 0. The number of carbonyl (C=O) groups is 1. The van der Waals surface area contributed by atoms with Crippen molar-refractivity contribution < 1.29 is 4.79 Å². The van der Waals surface area contributed by atoms with Gasteiger partial charge in [0.15, 0.2) is 0 Å². The quantitative estimate of drug-likeness (QED) is 0.623. The van der Waals surface area contributed by atoms with E-state index in [0.29, 0.717) is 11.7 Å².